The van der Waals surface area contributed by atoms with Gasteiger partial charge in [0.25, 0.3) is 5.91 Å². The number of para-hydroxylation sites is 1. The molecule has 268 valence electrons. The number of aromatic nitrogens is 3. The van der Waals surface area contributed by atoms with Crippen molar-refractivity contribution in [2.45, 2.75) is 75.5 Å². The molecule has 10 nitrogen and oxygen atoms in total. The van der Waals surface area contributed by atoms with Crippen LogP contribution in [0.4, 0.5) is 15.5 Å². The van der Waals surface area contributed by atoms with Crippen LogP contribution in [0.5, 0.6) is 0 Å². The lowest BCUT2D eigenvalue weighted by Gasteiger charge is -2.31. The van der Waals surface area contributed by atoms with E-state index in [2.05, 4.69) is 20.9 Å². The van der Waals surface area contributed by atoms with Crippen molar-refractivity contribution in [3.63, 3.8) is 0 Å². The van der Waals surface area contributed by atoms with Crippen molar-refractivity contribution in [3.8, 4) is 0 Å². The van der Waals surface area contributed by atoms with Gasteiger partial charge in [0.1, 0.15) is 0 Å². The first kappa shape index (κ1) is 35.2. The summed E-state index contributed by atoms with van der Waals surface area (Å²) >= 11 is 0. The molecule has 4 aromatic rings. The highest BCUT2D eigenvalue weighted by molar-refractivity contribution is 6.72. The van der Waals surface area contributed by atoms with Crippen molar-refractivity contribution in [1.82, 2.24) is 20.3 Å². The first-order chi connectivity index (χ1) is 24.6. The molecule has 0 bridgehead atoms. The number of halogens is 1. The minimum Gasteiger partial charge on any atom is -0.395 e. The average molecular weight is 711 g/mol. The summed E-state index contributed by atoms with van der Waals surface area (Å²) in [6.45, 7) is 7.65. The molecule has 0 radical (unpaired) electrons. The van der Waals surface area contributed by atoms with E-state index < -0.39 is 31.6 Å². The molecular weight excluding hydrogens is 664 g/mol. The molecule has 2 unspecified atom stereocenters. The van der Waals surface area contributed by atoms with Crippen molar-refractivity contribution in [3.05, 3.63) is 107 Å². The third kappa shape index (κ3) is 6.77. The highest BCUT2D eigenvalue weighted by atomic mass is 28.4. The van der Waals surface area contributed by atoms with Gasteiger partial charge in [0.15, 0.2) is 5.60 Å². The van der Waals surface area contributed by atoms with Gasteiger partial charge in [-0.25, -0.2) is 0 Å². The van der Waals surface area contributed by atoms with E-state index in [1.807, 2.05) is 92.0 Å². The van der Waals surface area contributed by atoms with Gasteiger partial charge in [0.2, 0.25) is 14.3 Å². The molecule has 3 aromatic carbocycles. The van der Waals surface area contributed by atoms with Crippen LogP contribution in [-0.4, -0.2) is 66.1 Å². The first-order valence-corrected chi connectivity index (χ1v) is 21.0. The van der Waals surface area contributed by atoms with Crippen molar-refractivity contribution in [2.75, 3.05) is 29.9 Å². The molecular formula is C39H47FN6O4Si. The summed E-state index contributed by atoms with van der Waals surface area (Å²) in [7, 11) is -3.34. The normalized spacial score (nSPS) is 25.3. The quantitative estimate of drug-likeness (QED) is 0.134. The van der Waals surface area contributed by atoms with Crippen LogP contribution in [0.1, 0.15) is 54.5 Å². The predicted molar refractivity (Wildman–Crippen MR) is 196 cm³/mol. The molecule has 1 spiro atoms. The number of aliphatic hydroxyl groups is 1. The van der Waals surface area contributed by atoms with E-state index in [4.69, 9.17) is 4.74 Å². The molecule has 0 aliphatic carbocycles. The second-order valence-corrected chi connectivity index (χ2v) is 18.5. The minimum atomic E-state index is -3.34. The topological polar surface area (TPSA) is 122 Å². The number of piperidine rings is 1. The summed E-state index contributed by atoms with van der Waals surface area (Å²) in [4.78, 5) is 29.2. The Bertz CT molecular complexity index is 1840. The van der Waals surface area contributed by atoms with E-state index in [9.17, 15) is 14.7 Å². The molecule has 4 heterocycles. The first-order valence-electron chi connectivity index (χ1n) is 18.0. The van der Waals surface area contributed by atoms with Gasteiger partial charge in [-0.15, -0.1) is 5.10 Å². The molecule has 2 amide bonds. The summed E-state index contributed by atoms with van der Waals surface area (Å²) in [5, 5.41) is 25.2. The standard InChI is InChI=1S/C39H47FN6O4Si/c1-26-36(51(2,3)40)35(19-21-45-24-33(43-44-45)31(25-47)28-10-5-4-6-11-28)50-39(26)32-13-7-8-14-34(32)46(38(39)49)23-27-15-17-30(18-16-27)42-37(48)29-12-9-20-41-22-29/h4-8,10-11,13-18,24,26,29,31,35-36,41,47H,9,12,19-23,25H2,1-3H3,(H,42,48)/t26-,29?,31?,35+,36-,39+/m0/s1. The molecule has 51 heavy (non-hydrogen) atoms. The van der Waals surface area contributed by atoms with Gasteiger partial charge < -0.3 is 29.5 Å². The van der Waals surface area contributed by atoms with Crippen LogP contribution in [0.25, 0.3) is 0 Å². The van der Waals surface area contributed by atoms with Gasteiger partial charge in [0, 0.05) is 42.0 Å². The van der Waals surface area contributed by atoms with Crippen LogP contribution in [0.2, 0.25) is 18.6 Å². The van der Waals surface area contributed by atoms with Crippen LogP contribution in [0, 0.1) is 11.8 Å². The number of hydrogen-bond acceptors (Lipinski definition) is 7. The minimum absolute atomic E-state index is 0.0159. The monoisotopic (exact) mass is 710 g/mol. The van der Waals surface area contributed by atoms with Crippen molar-refractivity contribution >= 4 is 31.6 Å². The highest BCUT2D eigenvalue weighted by Gasteiger charge is 2.66. The lowest BCUT2D eigenvalue weighted by Crippen LogP contribution is -2.45. The number of anilines is 2. The Morgan fingerprint density at radius 2 is 1.86 bits per heavy atom. The second kappa shape index (κ2) is 14.4. The van der Waals surface area contributed by atoms with Crippen molar-refractivity contribution in [2.24, 2.45) is 11.8 Å². The summed E-state index contributed by atoms with van der Waals surface area (Å²) in [6, 6.07) is 25.0. The number of carbonyl (C=O) groups excluding carboxylic acids is 2. The number of nitrogens with one attached hydrogen (secondary N) is 2. The lowest BCUT2D eigenvalue weighted by molar-refractivity contribution is -0.146. The lowest BCUT2D eigenvalue weighted by atomic mass is 9.82. The van der Waals surface area contributed by atoms with Gasteiger partial charge in [-0.05, 0) is 68.2 Å². The van der Waals surface area contributed by atoms with Crippen LogP contribution >= 0.6 is 0 Å². The zero-order valence-corrected chi connectivity index (χ0v) is 30.5. The van der Waals surface area contributed by atoms with Crippen LogP contribution < -0.4 is 15.5 Å². The smallest absolute Gasteiger partial charge is 0.264 e. The average Bonchev–Trinajstić information content (AvgIpc) is 3.79. The number of aliphatic hydroxyl groups excluding tert-OH is 1. The number of nitrogens with zero attached hydrogens (tertiary/aromatic N) is 4. The molecule has 12 heteroatoms. The molecule has 3 aliphatic heterocycles. The number of benzene rings is 3. The Hall–Kier alpha value is -4.23. The number of rotatable bonds is 11. The maximum Gasteiger partial charge on any atom is 0.264 e. The second-order valence-electron chi connectivity index (χ2n) is 14.7. The number of ether oxygens (including phenoxy) is 1. The fourth-order valence-electron chi connectivity index (χ4n) is 8.52. The highest BCUT2D eigenvalue weighted by Crippen LogP contribution is 2.60. The maximum atomic E-state index is 16.3. The Balaban J connectivity index is 1.09. The largest absolute Gasteiger partial charge is 0.395 e. The number of amides is 2. The van der Waals surface area contributed by atoms with E-state index in [1.165, 1.54) is 0 Å². The van der Waals surface area contributed by atoms with Gasteiger partial charge in [0.05, 0.1) is 42.5 Å². The fourth-order valence-corrected chi connectivity index (χ4v) is 11.1. The zero-order valence-electron chi connectivity index (χ0n) is 29.5. The molecule has 3 aliphatic rings. The molecule has 3 N–H and O–H groups in total. The van der Waals surface area contributed by atoms with Gasteiger partial charge in [-0.3, -0.25) is 14.3 Å². The van der Waals surface area contributed by atoms with Crippen LogP contribution in [-0.2, 0) is 33.0 Å². The van der Waals surface area contributed by atoms with Gasteiger partial charge in [-0.1, -0.05) is 72.8 Å². The summed E-state index contributed by atoms with van der Waals surface area (Å²) in [5.41, 5.74) is 3.03. The molecule has 7 rings (SSSR count). The number of aryl methyl sites for hydroxylation is 1. The van der Waals surface area contributed by atoms with Crippen LogP contribution in [0.15, 0.2) is 85.1 Å². The van der Waals surface area contributed by atoms with E-state index in [0.717, 1.165) is 47.5 Å². The molecule has 2 fully saturated rings. The molecule has 6 atom stereocenters. The third-order valence-corrected chi connectivity index (χ3v) is 13.5. The number of hydrogen-bond donors (Lipinski definition) is 3. The van der Waals surface area contributed by atoms with Crippen molar-refractivity contribution < 1.29 is 23.5 Å². The summed E-state index contributed by atoms with van der Waals surface area (Å²) in [6.07, 6.45) is 3.63. The van der Waals surface area contributed by atoms with Gasteiger partial charge >= 0.3 is 0 Å². The Kier molecular flexibility index (Phi) is 9.94. The zero-order chi connectivity index (χ0) is 35.8. The SMILES string of the molecule is C[C@H]1[C@H]([Si](C)(C)F)[C@@H](CCn2cc(C(CO)c3ccccc3)nn2)O[C@]12C(=O)N(Cc1ccc(NC(=O)C3CCCNC3)cc1)c1ccccc12. The number of carbonyl (C=O) groups is 2. The van der Waals surface area contributed by atoms with E-state index in [1.54, 1.807) is 22.7 Å². The number of fused-ring (bicyclic) bond motifs is 2. The molecule has 1 aromatic heterocycles. The van der Waals surface area contributed by atoms with Gasteiger partial charge in [-0.2, -0.15) is 0 Å². The molecule has 0 saturated carbocycles. The fraction of sp³-hybridized carbons (Fsp3) is 0.436. The Labute approximate surface area is 299 Å². The third-order valence-electron chi connectivity index (χ3n) is 11.0. The molecule has 2 saturated heterocycles. The van der Waals surface area contributed by atoms with E-state index >= 15 is 4.11 Å². The van der Waals surface area contributed by atoms with Crippen molar-refractivity contribution in [1.29, 1.82) is 0 Å². The summed E-state index contributed by atoms with van der Waals surface area (Å²) < 4.78 is 25.0. The summed E-state index contributed by atoms with van der Waals surface area (Å²) in [5.74, 6) is -0.909. The van der Waals surface area contributed by atoms with Crippen LogP contribution in [0.3, 0.4) is 0 Å². The Morgan fingerprint density at radius 3 is 2.57 bits per heavy atom. The Morgan fingerprint density at radius 1 is 1.12 bits per heavy atom. The maximum absolute atomic E-state index is 16.3. The van der Waals surface area contributed by atoms with E-state index in [0.29, 0.717) is 31.7 Å². The van der Waals surface area contributed by atoms with E-state index in [-0.39, 0.29) is 30.3 Å². The predicted octanol–water partition coefficient (Wildman–Crippen LogP) is 5.75.